The van der Waals surface area contributed by atoms with Gasteiger partial charge >= 0.3 is 0 Å². The summed E-state index contributed by atoms with van der Waals surface area (Å²) in [6.07, 6.45) is 1.45. The number of nitrogens with zero attached hydrogens (tertiary/aromatic N) is 2. The van der Waals surface area contributed by atoms with E-state index in [1.54, 1.807) is 23.6 Å². The lowest BCUT2D eigenvalue weighted by atomic mass is 10.2. The van der Waals surface area contributed by atoms with Crippen LogP contribution >= 0.6 is 11.3 Å². The molecule has 2 aromatic heterocycles. The fourth-order valence-electron chi connectivity index (χ4n) is 2.60. The highest BCUT2D eigenvalue weighted by atomic mass is 32.2. The van der Waals surface area contributed by atoms with Gasteiger partial charge in [0.15, 0.2) is 0 Å². The molecule has 0 fully saturated rings. The third kappa shape index (κ3) is 2.67. The third-order valence-electron chi connectivity index (χ3n) is 3.78. The summed E-state index contributed by atoms with van der Waals surface area (Å²) < 4.78 is 27.1. The van der Waals surface area contributed by atoms with Crippen molar-refractivity contribution >= 4 is 44.5 Å². The van der Waals surface area contributed by atoms with Crippen LogP contribution in [-0.4, -0.2) is 25.2 Å². The summed E-state index contributed by atoms with van der Waals surface area (Å²) in [5, 5.41) is 1.67. The lowest BCUT2D eigenvalue weighted by Gasteiger charge is -2.14. The summed E-state index contributed by atoms with van der Waals surface area (Å²) in [5.74, 6) is -0.956. The molecule has 0 saturated heterocycles. The zero-order valence-corrected chi connectivity index (χ0v) is 14.8. The van der Waals surface area contributed by atoms with Crippen LogP contribution in [0.3, 0.4) is 0 Å². The number of nitrogens with one attached hydrogen (secondary N) is 1. The fourth-order valence-corrected chi connectivity index (χ4v) is 4.65. The standard InChI is InChI=1S/C17H11N3O4S2/c21-16-13-3-1-9-18-15(13)17(22)20(16)12-7-5-11(6-8-12)19-26(23,24)14-4-2-10-25-14/h1-10,19H. The molecular weight excluding hydrogens is 374 g/mol. The van der Waals surface area contributed by atoms with E-state index in [9.17, 15) is 18.0 Å². The number of carbonyl (C=O) groups is 2. The zero-order chi connectivity index (χ0) is 18.3. The summed E-state index contributed by atoms with van der Waals surface area (Å²) in [6, 6.07) is 12.3. The van der Waals surface area contributed by atoms with Crippen LogP contribution in [0.4, 0.5) is 11.4 Å². The highest BCUT2D eigenvalue weighted by molar-refractivity contribution is 7.94. The molecular formula is C17H11N3O4S2. The molecule has 0 radical (unpaired) electrons. The predicted octanol–water partition coefficient (Wildman–Crippen LogP) is 2.74. The number of hydrogen-bond donors (Lipinski definition) is 1. The van der Waals surface area contributed by atoms with Crippen LogP contribution < -0.4 is 9.62 Å². The number of benzene rings is 1. The van der Waals surface area contributed by atoms with Gasteiger partial charge in [-0.1, -0.05) is 6.07 Å². The van der Waals surface area contributed by atoms with Gasteiger partial charge < -0.3 is 0 Å². The summed E-state index contributed by atoms with van der Waals surface area (Å²) in [5.41, 5.74) is 1.04. The summed E-state index contributed by atoms with van der Waals surface area (Å²) in [4.78, 5) is 29.8. The van der Waals surface area contributed by atoms with Crippen molar-refractivity contribution in [3.63, 3.8) is 0 Å². The van der Waals surface area contributed by atoms with E-state index >= 15 is 0 Å². The van der Waals surface area contributed by atoms with Gasteiger partial charge in [0.2, 0.25) is 0 Å². The second kappa shape index (κ2) is 6.04. The van der Waals surface area contributed by atoms with Crippen molar-refractivity contribution in [3.05, 3.63) is 71.4 Å². The van der Waals surface area contributed by atoms with E-state index in [0.717, 1.165) is 16.2 Å². The Bertz CT molecular complexity index is 1070. The minimum atomic E-state index is -3.66. The smallest absolute Gasteiger partial charge is 0.279 e. The predicted molar refractivity (Wildman–Crippen MR) is 96.9 cm³/mol. The lowest BCUT2D eigenvalue weighted by molar-refractivity contribution is 0.0924. The Balaban J connectivity index is 1.60. The number of carbonyl (C=O) groups excluding carboxylic acids is 2. The molecule has 7 nitrogen and oxygen atoms in total. The molecule has 0 saturated carbocycles. The fraction of sp³-hybridized carbons (Fsp3) is 0. The van der Waals surface area contributed by atoms with E-state index in [0.29, 0.717) is 11.4 Å². The average Bonchev–Trinajstić information content (AvgIpc) is 3.25. The highest BCUT2D eigenvalue weighted by Crippen LogP contribution is 2.28. The number of aromatic nitrogens is 1. The van der Waals surface area contributed by atoms with E-state index < -0.39 is 21.8 Å². The van der Waals surface area contributed by atoms with Crippen molar-refractivity contribution < 1.29 is 18.0 Å². The number of fused-ring (bicyclic) bond motifs is 1. The van der Waals surface area contributed by atoms with Crippen LogP contribution in [0.25, 0.3) is 0 Å². The maximum Gasteiger partial charge on any atom is 0.284 e. The van der Waals surface area contributed by atoms with Crippen LogP contribution in [0.5, 0.6) is 0 Å². The first-order chi connectivity index (χ1) is 12.5. The molecule has 9 heteroatoms. The Kier molecular flexibility index (Phi) is 3.82. The van der Waals surface area contributed by atoms with Gasteiger partial charge in [0.25, 0.3) is 21.8 Å². The Hall–Kier alpha value is -3.04. The Morgan fingerprint density at radius 2 is 1.73 bits per heavy atom. The van der Waals surface area contributed by atoms with Crippen molar-refractivity contribution in [1.82, 2.24) is 4.98 Å². The van der Waals surface area contributed by atoms with Gasteiger partial charge in [-0.25, -0.2) is 13.3 Å². The molecule has 0 spiro atoms. The van der Waals surface area contributed by atoms with E-state index in [4.69, 9.17) is 0 Å². The number of hydrogen-bond acceptors (Lipinski definition) is 6. The molecule has 4 rings (SSSR count). The molecule has 0 bridgehead atoms. The summed E-state index contributed by atoms with van der Waals surface area (Å²) in [6.45, 7) is 0. The largest absolute Gasteiger partial charge is 0.284 e. The number of sulfonamides is 1. The van der Waals surface area contributed by atoms with Crippen molar-refractivity contribution in [2.45, 2.75) is 4.21 Å². The molecule has 3 aromatic rings. The SMILES string of the molecule is O=C1c2cccnc2C(=O)N1c1ccc(NS(=O)(=O)c2cccs2)cc1. The minimum Gasteiger partial charge on any atom is -0.279 e. The van der Waals surface area contributed by atoms with Gasteiger partial charge in [0, 0.05) is 11.9 Å². The van der Waals surface area contributed by atoms with Crippen LogP contribution in [0.15, 0.2) is 64.3 Å². The quantitative estimate of drug-likeness (QED) is 0.697. The summed E-state index contributed by atoms with van der Waals surface area (Å²) >= 11 is 1.11. The molecule has 0 atom stereocenters. The number of amides is 2. The molecule has 0 aliphatic carbocycles. The second-order valence-electron chi connectivity index (χ2n) is 5.43. The molecule has 2 amide bonds. The topological polar surface area (TPSA) is 96.4 Å². The van der Waals surface area contributed by atoms with Crippen LogP contribution in [0.2, 0.25) is 0 Å². The molecule has 1 aliphatic rings. The average molecular weight is 385 g/mol. The number of thiophene rings is 1. The molecule has 0 unspecified atom stereocenters. The Morgan fingerprint density at radius 1 is 0.962 bits per heavy atom. The van der Waals surface area contributed by atoms with Crippen molar-refractivity contribution in [1.29, 1.82) is 0 Å². The van der Waals surface area contributed by atoms with Gasteiger partial charge in [0.1, 0.15) is 9.90 Å². The zero-order valence-electron chi connectivity index (χ0n) is 13.1. The molecule has 1 aromatic carbocycles. The first-order valence-corrected chi connectivity index (χ1v) is 9.84. The normalized spacial score (nSPS) is 13.8. The maximum absolute atomic E-state index is 12.4. The van der Waals surface area contributed by atoms with Gasteiger partial charge in [-0.05, 0) is 47.8 Å². The summed E-state index contributed by atoms with van der Waals surface area (Å²) in [7, 11) is -3.66. The van der Waals surface area contributed by atoms with Crippen molar-refractivity contribution in [2.24, 2.45) is 0 Å². The van der Waals surface area contributed by atoms with Gasteiger partial charge in [-0.15, -0.1) is 11.3 Å². The minimum absolute atomic E-state index is 0.111. The van der Waals surface area contributed by atoms with E-state index in [1.165, 1.54) is 36.5 Å². The van der Waals surface area contributed by atoms with Gasteiger partial charge in [-0.3, -0.25) is 19.3 Å². The first-order valence-electron chi connectivity index (χ1n) is 7.47. The lowest BCUT2D eigenvalue weighted by Crippen LogP contribution is -2.29. The van der Waals surface area contributed by atoms with Gasteiger partial charge in [0.05, 0.1) is 11.3 Å². The number of pyridine rings is 1. The van der Waals surface area contributed by atoms with Crippen molar-refractivity contribution in [2.75, 3.05) is 9.62 Å². The second-order valence-corrected chi connectivity index (χ2v) is 8.29. The van der Waals surface area contributed by atoms with Gasteiger partial charge in [-0.2, -0.15) is 0 Å². The van der Waals surface area contributed by atoms with E-state index in [1.807, 2.05) is 0 Å². The molecule has 130 valence electrons. The number of rotatable bonds is 4. The number of anilines is 2. The van der Waals surface area contributed by atoms with Crippen LogP contribution in [-0.2, 0) is 10.0 Å². The molecule has 1 aliphatic heterocycles. The Morgan fingerprint density at radius 3 is 2.38 bits per heavy atom. The van der Waals surface area contributed by atoms with Crippen LogP contribution in [0, 0.1) is 0 Å². The third-order valence-corrected chi connectivity index (χ3v) is 6.56. The van der Waals surface area contributed by atoms with Crippen molar-refractivity contribution in [3.8, 4) is 0 Å². The molecule has 1 N–H and O–H groups in total. The molecule has 26 heavy (non-hydrogen) atoms. The Labute approximate surface area is 153 Å². The van der Waals surface area contributed by atoms with Crippen LogP contribution in [0.1, 0.15) is 20.8 Å². The highest BCUT2D eigenvalue weighted by Gasteiger charge is 2.37. The number of imide groups is 1. The van der Waals surface area contributed by atoms with E-state index in [2.05, 4.69) is 9.71 Å². The first kappa shape index (κ1) is 16.4. The maximum atomic E-state index is 12.4. The van der Waals surface area contributed by atoms with E-state index in [-0.39, 0.29) is 15.5 Å². The monoisotopic (exact) mass is 385 g/mol. The molecule has 3 heterocycles.